The van der Waals surface area contributed by atoms with Crippen molar-refractivity contribution in [3.05, 3.63) is 75.8 Å². The van der Waals surface area contributed by atoms with Crippen LogP contribution in [0.3, 0.4) is 0 Å². The van der Waals surface area contributed by atoms with E-state index in [2.05, 4.69) is 5.32 Å². The van der Waals surface area contributed by atoms with E-state index in [9.17, 15) is 24.5 Å². The molecule has 1 aliphatic heterocycles. The standard InChI is InChI=1S/C20H19N3O6/c1-2-20(15-8-4-3-5-9-15)18(25)22(19(26)21-20)12-17(24)29-13-14-7-6-10-16(11-14)23(27)28/h3-11H,2,12-13H2,1H3,(H,21,26). The molecular formula is C20H19N3O6. The maximum Gasteiger partial charge on any atom is 0.326 e. The summed E-state index contributed by atoms with van der Waals surface area (Å²) in [6.07, 6.45) is 0.320. The van der Waals surface area contributed by atoms with E-state index in [1.165, 1.54) is 18.2 Å². The van der Waals surface area contributed by atoms with Gasteiger partial charge in [-0.3, -0.25) is 24.6 Å². The number of nitrogens with zero attached hydrogens (tertiary/aromatic N) is 2. The van der Waals surface area contributed by atoms with Gasteiger partial charge in [0.25, 0.3) is 11.6 Å². The number of hydrogen-bond donors (Lipinski definition) is 1. The summed E-state index contributed by atoms with van der Waals surface area (Å²) >= 11 is 0. The molecule has 0 saturated carbocycles. The van der Waals surface area contributed by atoms with Gasteiger partial charge in [-0.15, -0.1) is 0 Å². The maximum absolute atomic E-state index is 13.0. The summed E-state index contributed by atoms with van der Waals surface area (Å²) in [6.45, 7) is 1.02. The molecule has 0 spiro atoms. The van der Waals surface area contributed by atoms with Crippen molar-refractivity contribution in [1.82, 2.24) is 10.2 Å². The average molecular weight is 397 g/mol. The minimum Gasteiger partial charge on any atom is -0.459 e. The van der Waals surface area contributed by atoms with Crippen LogP contribution in [0.15, 0.2) is 54.6 Å². The fourth-order valence-electron chi connectivity index (χ4n) is 3.23. The summed E-state index contributed by atoms with van der Waals surface area (Å²) in [6, 6.07) is 13.8. The zero-order chi connectivity index (χ0) is 21.0. The number of nitro groups is 1. The second-order valence-corrected chi connectivity index (χ2v) is 6.53. The van der Waals surface area contributed by atoms with Crippen LogP contribution in [0.2, 0.25) is 0 Å². The van der Waals surface area contributed by atoms with Gasteiger partial charge in [0.15, 0.2) is 0 Å². The van der Waals surface area contributed by atoms with Crippen LogP contribution in [-0.2, 0) is 26.5 Å². The van der Waals surface area contributed by atoms with Gasteiger partial charge >= 0.3 is 12.0 Å². The molecule has 2 aromatic rings. The van der Waals surface area contributed by atoms with Gasteiger partial charge in [-0.25, -0.2) is 4.79 Å². The first kappa shape index (κ1) is 20.0. The Morgan fingerprint density at radius 2 is 1.90 bits per heavy atom. The lowest BCUT2D eigenvalue weighted by atomic mass is 9.87. The lowest BCUT2D eigenvalue weighted by molar-refractivity contribution is -0.384. The van der Waals surface area contributed by atoms with Crippen molar-refractivity contribution in [2.45, 2.75) is 25.5 Å². The number of carbonyl (C=O) groups is 3. The summed E-state index contributed by atoms with van der Waals surface area (Å²) in [5, 5.41) is 13.5. The largest absolute Gasteiger partial charge is 0.459 e. The van der Waals surface area contributed by atoms with Crippen molar-refractivity contribution in [2.24, 2.45) is 0 Å². The Balaban J connectivity index is 1.68. The topological polar surface area (TPSA) is 119 Å². The van der Waals surface area contributed by atoms with Crippen molar-refractivity contribution in [3.8, 4) is 0 Å². The summed E-state index contributed by atoms with van der Waals surface area (Å²) in [5.41, 5.74) is -0.285. The first-order valence-corrected chi connectivity index (χ1v) is 8.96. The number of urea groups is 1. The molecular weight excluding hydrogens is 378 g/mol. The van der Waals surface area contributed by atoms with E-state index in [0.29, 0.717) is 17.5 Å². The molecule has 1 fully saturated rings. The van der Waals surface area contributed by atoms with Crippen LogP contribution in [0.4, 0.5) is 10.5 Å². The molecule has 1 aliphatic rings. The van der Waals surface area contributed by atoms with E-state index in [4.69, 9.17) is 4.74 Å². The number of benzene rings is 2. The number of carbonyl (C=O) groups excluding carboxylic acids is 3. The Kier molecular flexibility index (Phi) is 5.58. The van der Waals surface area contributed by atoms with E-state index in [1.54, 1.807) is 43.3 Å². The van der Waals surface area contributed by atoms with Gasteiger partial charge in [0, 0.05) is 12.1 Å². The van der Waals surface area contributed by atoms with Gasteiger partial charge < -0.3 is 10.1 Å². The van der Waals surface area contributed by atoms with Crippen molar-refractivity contribution in [3.63, 3.8) is 0 Å². The third-order valence-corrected chi connectivity index (χ3v) is 4.78. The number of non-ortho nitro benzene ring substituents is 1. The van der Waals surface area contributed by atoms with Gasteiger partial charge in [0.2, 0.25) is 0 Å². The molecule has 1 unspecified atom stereocenters. The number of amides is 3. The van der Waals surface area contributed by atoms with Gasteiger partial charge in [-0.2, -0.15) is 0 Å². The van der Waals surface area contributed by atoms with E-state index >= 15 is 0 Å². The molecule has 3 rings (SSSR count). The lowest BCUT2D eigenvalue weighted by Gasteiger charge is -2.25. The molecule has 1 saturated heterocycles. The quantitative estimate of drug-likeness (QED) is 0.332. The van der Waals surface area contributed by atoms with Crippen LogP contribution < -0.4 is 5.32 Å². The number of nitrogens with one attached hydrogen (secondary N) is 1. The highest BCUT2D eigenvalue weighted by Crippen LogP contribution is 2.32. The first-order chi connectivity index (χ1) is 13.9. The molecule has 0 bridgehead atoms. The minimum absolute atomic E-state index is 0.122. The van der Waals surface area contributed by atoms with Crippen molar-refractivity contribution < 1.29 is 24.0 Å². The number of ether oxygens (including phenoxy) is 1. The van der Waals surface area contributed by atoms with Crippen LogP contribution in [0.25, 0.3) is 0 Å². The zero-order valence-electron chi connectivity index (χ0n) is 15.7. The van der Waals surface area contributed by atoms with Crippen LogP contribution in [-0.4, -0.2) is 34.3 Å². The van der Waals surface area contributed by atoms with Gasteiger partial charge in [-0.05, 0) is 17.5 Å². The summed E-state index contributed by atoms with van der Waals surface area (Å²) < 4.78 is 5.09. The minimum atomic E-state index is -1.22. The molecule has 0 aromatic heterocycles. The predicted molar refractivity (Wildman–Crippen MR) is 102 cm³/mol. The molecule has 1 N–H and O–H groups in total. The van der Waals surface area contributed by atoms with E-state index in [1.807, 2.05) is 0 Å². The van der Waals surface area contributed by atoms with Gasteiger partial charge in [0.1, 0.15) is 18.7 Å². The number of esters is 1. The van der Waals surface area contributed by atoms with E-state index < -0.39 is 34.9 Å². The zero-order valence-corrected chi connectivity index (χ0v) is 15.7. The highest BCUT2D eigenvalue weighted by Gasteiger charge is 2.51. The Bertz CT molecular complexity index is 962. The molecule has 9 heteroatoms. The first-order valence-electron chi connectivity index (χ1n) is 8.96. The Morgan fingerprint density at radius 1 is 1.17 bits per heavy atom. The molecule has 0 radical (unpaired) electrons. The van der Waals surface area contributed by atoms with Crippen molar-refractivity contribution in [2.75, 3.05) is 6.54 Å². The molecule has 1 heterocycles. The van der Waals surface area contributed by atoms with Crippen LogP contribution in [0.5, 0.6) is 0 Å². The molecule has 1 atom stereocenters. The number of rotatable bonds is 7. The molecule has 0 aliphatic carbocycles. The van der Waals surface area contributed by atoms with E-state index in [-0.39, 0.29) is 12.3 Å². The molecule has 9 nitrogen and oxygen atoms in total. The monoisotopic (exact) mass is 397 g/mol. The SMILES string of the molecule is CCC1(c2ccccc2)NC(=O)N(CC(=O)OCc2cccc([N+](=O)[O-])c2)C1=O. The maximum atomic E-state index is 13.0. The van der Waals surface area contributed by atoms with Crippen molar-refractivity contribution in [1.29, 1.82) is 0 Å². The van der Waals surface area contributed by atoms with E-state index in [0.717, 1.165) is 4.90 Å². The molecule has 150 valence electrons. The molecule has 29 heavy (non-hydrogen) atoms. The molecule has 2 aromatic carbocycles. The number of hydrogen-bond acceptors (Lipinski definition) is 6. The Hall–Kier alpha value is -3.75. The highest BCUT2D eigenvalue weighted by atomic mass is 16.6. The summed E-state index contributed by atoms with van der Waals surface area (Å²) in [7, 11) is 0. The summed E-state index contributed by atoms with van der Waals surface area (Å²) in [5.74, 6) is -1.32. The summed E-state index contributed by atoms with van der Waals surface area (Å²) in [4.78, 5) is 48.6. The average Bonchev–Trinajstić information content (AvgIpc) is 2.98. The van der Waals surface area contributed by atoms with Gasteiger partial charge in [0.05, 0.1) is 4.92 Å². The third-order valence-electron chi connectivity index (χ3n) is 4.78. The van der Waals surface area contributed by atoms with Crippen molar-refractivity contribution >= 4 is 23.6 Å². The van der Waals surface area contributed by atoms with Crippen LogP contribution in [0, 0.1) is 10.1 Å². The third kappa shape index (κ3) is 3.93. The predicted octanol–water partition coefficient (Wildman–Crippen LogP) is 2.50. The van der Waals surface area contributed by atoms with Crippen LogP contribution >= 0.6 is 0 Å². The second kappa shape index (κ2) is 8.09. The Labute approximate surface area is 166 Å². The lowest BCUT2D eigenvalue weighted by Crippen LogP contribution is -2.43. The molecule has 3 amide bonds. The smallest absolute Gasteiger partial charge is 0.326 e. The van der Waals surface area contributed by atoms with Gasteiger partial charge in [-0.1, -0.05) is 49.4 Å². The normalized spacial score (nSPS) is 18.4. The fourth-order valence-corrected chi connectivity index (χ4v) is 3.23. The fraction of sp³-hybridized carbons (Fsp3) is 0.250. The van der Waals surface area contributed by atoms with Crippen LogP contribution in [0.1, 0.15) is 24.5 Å². The number of nitro benzene ring substituents is 1. The Morgan fingerprint density at radius 3 is 2.55 bits per heavy atom. The number of imide groups is 1. The second-order valence-electron chi connectivity index (χ2n) is 6.53. The highest BCUT2D eigenvalue weighted by molar-refractivity contribution is 6.09.